The Balaban J connectivity index is 3.23. The van der Waals surface area contributed by atoms with Gasteiger partial charge in [0.05, 0.1) is 5.02 Å². The van der Waals surface area contributed by atoms with Crippen molar-refractivity contribution in [3.8, 4) is 0 Å². The summed E-state index contributed by atoms with van der Waals surface area (Å²) in [6, 6.07) is 3.05. The molecule has 0 aliphatic rings. The van der Waals surface area contributed by atoms with E-state index >= 15 is 0 Å². The monoisotopic (exact) mass is 171 g/mol. The molecule has 0 amide bonds. The predicted octanol–water partition coefficient (Wildman–Crippen LogP) is 2.15. The maximum absolute atomic E-state index is 10.8. The Bertz CT molecular complexity index is 303. The summed E-state index contributed by atoms with van der Waals surface area (Å²) in [5, 5.41) is 0.625. The molecule has 0 aromatic carbocycles. The summed E-state index contributed by atoms with van der Waals surface area (Å²) in [5.41, 5.74) is 0.706. The summed E-state index contributed by atoms with van der Waals surface area (Å²) in [6.45, 7) is 3.97. The first kappa shape index (κ1) is 8.34. The third-order valence-electron chi connectivity index (χ3n) is 1.47. The number of aromatic amines is 1. The quantitative estimate of drug-likeness (QED) is 0.690. The molecule has 0 saturated heterocycles. The molecule has 0 saturated carbocycles. The van der Waals surface area contributed by atoms with Gasteiger partial charge in [0.1, 0.15) is 0 Å². The molecule has 11 heavy (non-hydrogen) atoms. The lowest BCUT2D eigenvalue weighted by molar-refractivity contribution is 0.816. The van der Waals surface area contributed by atoms with Crippen molar-refractivity contribution < 1.29 is 0 Å². The molecule has 0 atom stereocenters. The lowest BCUT2D eigenvalue weighted by Gasteiger charge is -2.05. The lowest BCUT2D eigenvalue weighted by Crippen LogP contribution is -2.08. The highest BCUT2D eigenvalue weighted by molar-refractivity contribution is 6.31. The standard InChI is InChI=1S/C8H10ClNO/c1-5(2)8-6(9)3-4-7(11)10-8/h3-5H,1-2H3,(H,10,11). The van der Waals surface area contributed by atoms with Gasteiger partial charge >= 0.3 is 0 Å². The molecule has 60 valence electrons. The first-order valence-corrected chi connectivity index (χ1v) is 3.88. The molecular formula is C8H10ClNO. The Morgan fingerprint density at radius 2 is 2.09 bits per heavy atom. The number of hydrogen-bond donors (Lipinski definition) is 1. The van der Waals surface area contributed by atoms with Crippen molar-refractivity contribution in [1.29, 1.82) is 0 Å². The summed E-state index contributed by atoms with van der Waals surface area (Å²) < 4.78 is 0. The lowest BCUT2D eigenvalue weighted by atomic mass is 10.1. The zero-order valence-corrected chi connectivity index (χ0v) is 7.27. The van der Waals surface area contributed by atoms with E-state index in [1.807, 2.05) is 13.8 Å². The highest BCUT2D eigenvalue weighted by Crippen LogP contribution is 2.19. The fourth-order valence-electron chi connectivity index (χ4n) is 0.893. The number of H-pyrrole nitrogens is 1. The van der Waals surface area contributed by atoms with Crippen molar-refractivity contribution in [2.45, 2.75) is 19.8 Å². The number of halogens is 1. The molecule has 3 heteroatoms. The third-order valence-corrected chi connectivity index (χ3v) is 1.80. The maximum atomic E-state index is 10.8. The molecule has 1 aromatic heterocycles. The van der Waals surface area contributed by atoms with E-state index in [9.17, 15) is 4.79 Å². The van der Waals surface area contributed by atoms with E-state index in [1.165, 1.54) is 6.07 Å². The van der Waals surface area contributed by atoms with Crippen LogP contribution in [0.25, 0.3) is 0 Å². The fourth-order valence-corrected chi connectivity index (χ4v) is 1.22. The second-order valence-corrected chi connectivity index (χ2v) is 3.15. The van der Waals surface area contributed by atoms with E-state index in [2.05, 4.69) is 4.98 Å². The zero-order chi connectivity index (χ0) is 8.43. The highest BCUT2D eigenvalue weighted by Gasteiger charge is 2.04. The minimum Gasteiger partial charge on any atom is -0.324 e. The molecule has 2 nitrogen and oxygen atoms in total. The molecule has 1 heterocycles. The average molecular weight is 172 g/mol. The van der Waals surface area contributed by atoms with Gasteiger partial charge in [-0.2, -0.15) is 0 Å². The van der Waals surface area contributed by atoms with Crippen molar-refractivity contribution >= 4 is 11.6 Å². The number of nitrogens with one attached hydrogen (secondary N) is 1. The average Bonchev–Trinajstić information content (AvgIpc) is 1.94. The summed E-state index contributed by atoms with van der Waals surface area (Å²) in [4.78, 5) is 13.5. The number of hydrogen-bond acceptors (Lipinski definition) is 1. The molecule has 0 aliphatic heterocycles. The Morgan fingerprint density at radius 1 is 1.45 bits per heavy atom. The molecule has 0 bridgehead atoms. The van der Waals surface area contributed by atoms with Crippen LogP contribution in [0.4, 0.5) is 0 Å². The summed E-state index contributed by atoms with van der Waals surface area (Å²) in [5.74, 6) is 0.261. The van der Waals surface area contributed by atoms with Crippen LogP contribution in [0.1, 0.15) is 25.5 Å². The van der Waals surface area contributed by atoms with Crippen molar-refractivity contribution in [2.24, 2.45) is 0 Å². The molecule has 0 aliphatic carbocycles. The van der Waals surface area contributed by atoms with Crippen LogP contribution >= 0.6 is 11.6 Å². The van der Waals surface area contributed by atoms with Crippen LogP contribution in [0, 0.1) is 0 Å². The van der Waals surface area contributed by atoms with E-state index in [0.29, 0.717) is 5.02 Å². The van der Waals surface area contributed by atoms with Crippen LogP contribution in [-0.2, 0) is 0 Å². The van der Waals surface area contributed by atoms with Gasteiger partial charge in [-0.05, 0) is 12.0 Å². The molecule has 1 aromatic rings. The molecule has 0 radical (unpaired) electrons. The number of rotatable bonds is 1. The summed E-state index contributed by atoms with van der Waals surface area (Å²) in [6.07, 6.45) is 0. The predicted molar refractivity (Wildman–Crippen MR) is 46.2 cm³/mol. The SMILES string of the molecule is CC(C)c1[nH]c(=O)ccc1Cl. The number of aromatic nitrogens is 1. The van der Waals surface area contributed by atoms with Crippen LogP contribution in [0.5, 0.6) is 0 Å². The van der Waals surface area contributed by atoms with Gasteiger partial charge in [0, 0.05) is 11.8 Å². The van der Waals surface area contributed by atoms with Gasteiger partial charge in [-0.25, -0.2) is 0 Å². The Labute approximate surface area is 70.2 Å². The summed E-state index contributed by atoms with van der Waals surface area (Å²) in [7, 11) is 0. The first-order chi connectivity index (χ1) is 5.11. The highest BCUT2D eigenvalue weighted by atomic mass is 35.5. The molecule has 0 spiro atoms. The van der Waals surface area contributed by atoms with E-state index in [4.69, 9.17) is 11.6 Å². The minimum absolute atomic E-state index is 0.0990. The van der Waals surface area contributed by atoms with Crippen LogP contribution in [-0.4, -0.2) is 4.98 Å². The Hall–Kier alpha value is -0.760. The van der Waals surface area contributed by atoms with Crippen molar-refractivity contribution in [2.75, 3.05) is 0 Å². The Kier molecular flexibility index (Phi) is 2.35. The zero-order valence-electron chi connectivity index (χ0n) is 6.52. The minimum atomic E-state index is -0.0990. The first-order valence-electron chi connectivity index (χ1n) is 3.50. The second-order valence-electron chi connectivity index (χ2n) is 2.74. The van der Waals surface area contributed by atoms with Crippen LogP contribution < -0.4 is 5.56 Å². The topological polar surface area (TPSA) is 32.9 Å². The van der Waals surface area contributed by atoms with Gasteiger partial charge in [0.15, 0.2) is 0 Å². The van der Waals surface area contributed by atoms with Crippen molar-refractivity contribution in [1.82, 2.24) is 4.98 Å². The molecule has 0 unspecified atom stereocenters. The maximum Gasteiger partial charge on any atom is 0.248 e. The van der Waals surface area contributed by atoms with Gasteiger partial charge in [-0.3, -0.25) is 4.79 Å². The molecular weight excluding hydrogens is 162 g/mol. The molecule has 1 N–H and O–H groups in total. The van der Waals surface area contributed by atoms with E-state index in [1.54, 1.807) is 6.07 Å². The normalized spacial score (nSPS) is 10.5. The van der Waals surface area contributed by atoms with Gasteiger partial charge in [-0.15, -0.1) is 0 Å². The largest absolute Gasteiger partial charge is 0.324 e. The van der Waals surface area contributed by atoms with Crippen LogP contribution in [0.15, 0.2) is 16.9 Å². The van der Waals surface area contributed by atoms with E-state index < -0.39 is 0 Å². The van der Waals surface area contributed by atoms with Gasteiger partial charge in [-0.1, -0.05) is 25.4 Å². The smallest absolute Gasteiger partial charge is 0.248 e. The second kappa shape index (κ2) is 3.09. The number of pyridine rings is 1. The summed E-state index contributed by atoms with van der Waals surface area (Å²) >= 11 is 5.82. The molecule has 0 fully saturated rings. The van der Waals surface area contributed by atoms with Gasteiger partial charge in [0.25, 0.3) is 0 Å². The Morgan fingerprint density at radius 3 is 2.55 bits per heavy atom. The van der Waals surface area contributed by atoms with Crippen molar-refractivity contribution in [3.05, 3.63) is 33.2 Å². The van der Waals surface area contributed by atoms with Crippen LogP contribution in [0.3, 0.4) is 0 Å². The van der Waals surface area contributed by atoms with E-state index in [-0.39, 0.29) is 11.5 Å². The van der Waals surface area contributed by atoms with Crippen LogP contribution in [0.2, 0.25) is 5.02 Å². The third kappa shape index (κ3) is 1.84. The van der Waals surface area contributed by atoms with Gasteiger partial charge < -0.3 is 4.98 Å². The van der Waals surface area contributed by atoms with E-state index in [0.717, 1.165) is 5.69 Å². The molecule has 1 rings (SSSR count). The van der Waals surface area contributed by atoms with Crippen molar-refractivity contribution in [3.63, 3.8) is 0 Å². The van der Waals surface area contributed by atoms with Gasteiger partial charge in [0.2, 0.25) is 5.56 Å². The fraction of sp³-hybridized carbons (Fsp3) is 0.375.